The van der Waals surface area contributed by atoms with Gasteiger partial charge in [-0.15, -0.1) is 0 Å². The lowest BCUT2D eigenvalue weighted by Crippen LogP contribution is -2.25. The Kier molecular flexibility index (Phi) is 4.30. The molecule has 1 aromatic carbocycles. The summed E-state index contributed by atoms with van der Waals surface area (Å²) >= 11 is 6.02. The largest absolute Gasteiger partial charge is 0.371 e. The van der Waals surface area contributed by atoms with E-state index in [4.69, 9.17) is 17.3 Å². The number of nitrogens with two attached hydrogens (primary N) is 1. The highest BCUT2D eigenvalue weighted by atomic mass is 35.5. The van der Waals surface area contributed by atoms with E-state index < -0.39 is 0 Å². The molecule has 2 rings (SSSR count). The average molecular weight is 253 g/mol. The molecule has 2 N–H and O–H groups in total. The number of rotatable bonds is 2. The topological polar surface area (TPSA) is 29.3 Å². The fourth-order valence-corrected chi connectivity index (χ4v) is 2.72. The molecule has 0 aromatic heterocycles. The first-order valence-electron chi connectivity index (χ1n) is 6.44. The van der Waals surface area contributed by atoms with E-state index in [9.17, 15) is 0 Å². The summed E-state index contributed by atoms with van der Waals surface area (Å²) in [5.41, 5.74) is 8.24. The van der Waals surface area contributed by atoms with Crippen LogP contribution in [0.25, 0.3) is 0 Å². The van der Waals surface area contributed by atoms with Crippen LogP contribution >= 0.6 is 11.6 Å². The van der Waals surface area contributed by atoms with Crippen molar-refractivity contribution in [2.75, 3.05) is 18.0 Å². The molecule has 0 aliphatic carbocycles. The van der Waals surface area contributed by atoms with Crippen LogP contribution in [-0.4, -0.2) is 13.1 Å². The Labute approximate surface area is 109 Å². The lowest BCUT2D eigenvalue weighted by molar-refractivity contribution is 0.521. The summed E-state index contributed by atoms with van der Waals surface area (Å²) in [5, 5.41) is 0.775. The smallest absolute Gasteiger partial charge is 0.0412 e. The molecule has 3 heteroatoms. The first kappa shape index (κ1) is 12.7. The van der Waals surface area contributed by atoms with Crippen LogP contribution in [-0.2, 0) is 6.54 Å². The Bertz CT molecular complexity index is 378. The molecular weight excluding hydrogens is 232 g/mol. The first-order valence-corrected chi connectivity index (χ1v) is 6.82. The Morgan fingerprint density at radius 2 is 2.18 bits per heavy atom. The van der Waals surface area contributed by atoms with Gasteiger partial charge in [0.25, 0.3) is 0 Å². The number of hydrogen-bond acceptors (Lipinski definition) is 2. The Hall–Kier alpha value is -0.730. The zero-order valence-electron chi connectivity index (χ0n) is 10.5. The highest BCUT2D eigenvalue weighted by Gasteiger charge is 2.16. The maximum absolute atomic E-state index is 6.02. The molecule has 1 fully saturated rings. The summed E-state index contributed by atoms with van der Waals surface area (Å²) in [6.45, 7) is 5.17. The number of benzene rings is 1. The molecule has 1 saturated heterocycles. The summed E-state index contributed by atoms with van der Waals surface area (Å²) in [6, 6.07) is 6.07. The number of nitrogens with zero attached hydrogens (tertiary/aromatic N) is 1. The molecule has 0 bridgehead atoms. The molecule has 0 saturated carbocycles. The van der Waals surface area contributed by atoms with Gasteiger partial charge < -0.3 is 10.6 Å². The zero-order valence-corrected chi connectivity index (χ0v) is 11.2. The summed E-state index contributed by atoms with van der Waals surface area (Å²) in [4.78, 5) is 2.46. The molecule has 0 amide bonds. The number of halogens is 1. The van der Waals surface area contributed by atoms with Gasteiger partial charge in [-0.3, -0.25) is 0 Å². The molecule has 2 nitrogen and oxygen atoms in total. The van der Waals surface area contributed by atoms with Crippen molar-refractivity contribution in [3.63, 3.8) is 0 Å². The van der Waals surface area contributed by atoms with Crippen molar-refractivity contribution in [2.24, 2.45) is 11.7 Å². The highest BCUT2D eigenvalue weighted by Crippen LogP contribution is 2.27. The van der Waals surface area contributed by atoms with Crippen LogP contribution in [0.5, 0.6) is 0 Å². The van der Waals surface area contributed by atoms with Crippen molar-refractivity contribution in [1.29, 1.82) is 0 Å². The minimum absolute atomic E-state index is 0.557. The molecule has 0 spiro atoms. The minimum Gasteiger partial charge on any atom is -0.371 e. The van der Waals surface area contributed by atoms with Crippen LogP contribution in [0.4, 0.5) is 5.69 Å². The Morgan fingerprint density at radius 3 is 2.94 bits per heavy atom. The maximum atomic E-state index is 6.02. The lowest BCUT2D eigenvalue weighted by atomic mass is 10.0. The van der Waals surface area contributed by atoms with Gasteiger partial charge in [-0.25, -0.2) is 0 Å². The molecule has 1 aliphatic heterocycles. The van der Waals surface area contributed by atoms with Gasteiger partial charge in [-0.1, -0.05) is 18.5 Å². The van der Waals surface area contributed by atoms with Crippen LogP contribution in [0.1, 0.15) is 31.7 Å². The van der Waals surface area contributed by atoms with Gasteiger partial charge in [-0.05, 0) is 48.9 Å². The van der Waals surface area contributed by atoms with E-state index in [0.717, 1.165) is 29.6 Å². The first-order chi connectivity index (χ1) is 8.20. The van der Waals surface area contributed by atoms with Crippen molar-refractivity contribution >= 4 is 17.3 Å². The van der Waals surface area contributed by atoms with Gasteiger partial charge in [0, 0.05) is 30.3 Å². The molecule has 17 heavy (non-hydrogen) atoms. The van der Waals surface area contributed by atoms with E-state index >= 15 is 0 Å². The van der Waals surface area contributed by atoms with E-state index in [-0.39, 0.29) is 0 Å². The molecule has 0 radical (unpaired) electrons. The summed E-state index contributed by atoms with van der Waals surface area (Å²) in [6.07, 6.45) is 3.88. The van der Waals surface area contributed by atoms with Crippen molar-refractivity contribution in [1.82, 2.24) is 0 Å². The minimum atomic E-state index is 0.557. The normalized spacial score (nSPS) is 21.4. The third-order valence-corrected chi connectivity index (χ3v) is 3.85. The number of hydrogen-bond donors (Lipinski definition) is 1. The van der Waals surface area contributed by atoms with Crippen LogP contribution in [0.2, 0.25) is 5.02 Å². The van der Waals surface area contributed by atoms with Crippen molar-refractivity contribution in [3.8, 4) is 0 Å². The monoisotopic (exact) mass is 252 g/mol. The van der Waals surface area contributed by atoms with Crippen LogP contribution in [0.3, 0.4) is 0 Å². The van der Waals surface area contributed by atoms with E-state index in [1.165, 1.54) is 24.9 Å². The van der Waals surface area contributed by atoms with Gasteiger partial charge in [0.15, 0.2) is 0 Å². The third kappa shape index (κ3) is 3.14. The van der Waals surface area contributed by atoms with Crippen molar-refractivity contribution in [3.05, 3.63) is 28.8 Å². The van der Waals surface area contributed by atoms with Gasteiger partial charge in [-0.2, -0.15) is 0 Å². The van der Waals surface area contributed by atoms with Gasteiger partial charge >= 0.3 is 0 Å². The Balaban J connectivity index is 2.20. The molecular formula is C14H21ClN2. The summed E-state index contributed by atoms with van der Waals surface area (Å²) in [7, 11) is 0. The lowest BCUT2D eigenvalue weighted by Gasteiger charge is -2.25. The van der Waals surface area contributed by atoms with Gasteiger partial charge in [0.05, 0.1) is 0 Å². The SMILES string of the molecule is CC1CCCN(c2ccc(Cl)cc2CN)CC1. The van der Waals surface area contributed by atoms with Crippen molar-refractivity contribution < 1.29 is 0 Å². The second kappa shape index (κ2) is 5.74. The summed E-state index contributed by atoms with van der Waals surface area (Å²) in [5.74, 6) is 0.841. The fourth-order valence-electron chi connectivity index (χ4n) is 2.53. The Morgan fingerprint density at radius 1 is 1.35 bits per heavy atom. The van der Waals surface area contributed by atoms with Gasteiger partial charge in [0.2, 0.25) is 0 Å². The quantitative estimate of drug-likeness (QED) is 0.874. The van der Waals surface area contributed by atoms with Crippen LogP contribution < -0.4 is 10.6 Å². The molecule has 1 aliphatic rings. The van der Waals surface area contributed by atoms with Crippen molar-refractivity contribution in [2.45, 2.75) is 32.7 Å². The molecule has 94 valence electrons. The molecule has 1 atom stereocenters. The van der Waals surface area contributed by atoms with E-state index in [1.54, 1.807) is 0 Å². The van der Waals surface area contributed by atoms with Gasteiger partial charge in [0.1, 0.15) is 0 Å². The molecule has 1 heterocycles. The molecule has 1 unspecified atom stereocenters. The van der Waals surface area contributed by atoms with E-state index in [0.29, 0.717) is 6.54 Å². The predicted molar refractivity (Wildman–Crippen MR) is 74.6 cm³/mol. The number of anilines is 1. The molecule has 1 aromatic rings. The second-order valence-corrected chi connectivity index (χ2v) is 5.44. The van der Waals surface area contributed by atoms with Crippen LogP contribution in [0, 0.1) is 5.92 Å². The predicted octanol–water partition coefficient (Wildman–Crippen LogP) is 3.43. The van der Waals surface area contributed by atoms with E-state index in [2.05, 4.69) is 17.9 Å². The average Bonchev–Trinajstić information content (AvgIpc) is 2.54. The third-order valence-electron chi connectivity index (χ3n) is 3.62. The second-order valence-electron chi connectivity index (χ2n) is 5.00. The van der Waals surface area contributed by atoms with E-state index in [1.807, 2.05) is 12.1 Å². The zero-order chi connectivity index (χ0) is 12.3. The maximum Gasteiger partial charge on any atom is 0.0412 e. The standard InChI is InChI=1S/C14H21ClN2/c1-11-3-2-7-17(8-6-11)14-5-4-13(15)9-12(14)10-16/h4-5,9,11H,2-3,6-8,10,16H2,1H3. The highest BCUT2D eigenvalue weighted by molar-refractivity contribution is 6.30. The fraction of sp³-hybridized carbons (Fsp3) is 0.571. The summed E-state index contributed by atoms with van der Waals surface area (Å²) < 4.78 is 0. The van der Waals surface area contributed by atoms with Crippen LogP contribution in [0.15, 0.2) is 18.2 Å².